The minimum Gasteiger partial charge on any atom is -0.328 e. The highest BCUT2D eigenvalue weighted by molar-refractivity contribution is 7.53. The highest BCUT2D eigenvalue weighted by atomic mass is 31.2. The van der Waals surface area contributed by atoms with Crippen molar-refractivity contribution in [1.29, 1.82) is 0 Å². The van der Waals surface area contributed by atoms with Crippen LogP contribution in [0.3, 0.4) is 0 Å². The van der Waals surface area contributed by atoms with Crippen molar-refractivity contribution in [3.63, 3.8) is 0 Å². The molecule has 15 heteroatoms. The molecule has 0 aromatic heterocycles. The smallest absolute Gasteiger partial charge is 0.328 e. The van der Waals surface area contributed by atoms with E-state index in [-0.39, 0.29) is 12.8 Å². The lowest BCUT2D eigenvalue weighted by Gasteiger charge is -2.37. The first-order chi connectivity index (χ1) is 14.0. The Morgan fingerprint density at radius 1 is 0.935 bits per heavy atom. The maximum absolute atomic E-state index is 13.2. The molecule has 3 unspecified atom stereocenters. The molecule has 0 radical (unpaired) electrons. The number of hydrogen-bond donors (Lipinski definition) is 3. The number of halogens is 7. The summed E-state index contributed by atoms with van der Waals surface area (Å²) in [6.07, 6.45) is -8.70. The molecular formula is C16H27F7O6P2. The summed E-state index contributed by atoms with van der Waals surface area (Å²) >= 11 is 0. The van der Waals surface area contributed by atoms with Crippen LogP contribution in [0.1, 0.15) is 64.2 Å². The van der Waals surface area contributed by atoms with Gasteiger partial charge >= 0.3 is 28.6 Å². The maximum atomic E-state index is 13.2. The Morgan fingerprint density at radius 2 is 1.48 bits per heavy atom. The largest absolute Gasteiger partial charge is 0.412 e. The molecule has 0 amide bonds. The maximum Gasteiger partial charge on any atom is 0.412 e. The topological polar surface area (TPSA) is 96.2 Å². The van der Waals surface area contributed by atoms with Crippen LogP contribution in [0.25, 0.3) is 0 Å². The number of hydrogen-bond acceptors (Lipinski definition) is 4. The van der Waals surface area contributed by atoms with Crippen LogP contribution in [0.5, 0.6) is 0 Å². The number of alkyl halides is 7. The Bertz CT molecular complexity index is 578. The predicted molar refractivity (Wildman–Crippen MR) is 97.9 cm³/mol. The molecule has 31 heavy (non-hydrogen) atoms. The summed E-state index contributed by atoms with van der Waals surface area (Å²) in [5, 5.41) is -1.86. The zero-order chi connectivity index (χ0) is 23.9. The van der Waals surface area contributed by atoms with Crippen LogP contribution >= 0.6 is 16.2 Å². The molecule has 3 atom stereocenters. The zero-order valence-corrected chi connectivity index (χ0v) is 18.3. The first-order valence-corrected chi connectivity index (χ1v) is 12.4. The second-order valence-corrected chi connectivity index (χ2v) is 10.7. The van der Waals surface area contributed by atoms with E-state index in [2.05, 4.69) is 4.52 Å². The van der Waals surface area contributed by atoms with Gasteiger partial charge in [-0.15, -0.1) is 0 Å². The van der Waals surface area contributed by atoms with E-state index in [4.69, 9.17) is 19.2 Å². The van der Waals surface area contributed by atoms with Gasteiger partial charge < -0.3 is 23.7 Å². The second-order valence-electron chi connectivity index (χ2n) is 7.69. The fraction of sp³-hybridized carbons (Fsp3) is 1.00. The van der Waals surface area contributed by atoms with Crippen LogP contribution in [-0.2, 0) is 13.6 Å². The number of rotatable bonds is 6. The molecule has 0 aliphatic heterocycles. The van der Waals surface area contributed by atoms with Crippen LogP contribution in [0.2, 0.25) is 0 Å². The van der Waals surface area contributed by atoms with Crippen LogP contribution < -0.4 is 0 Å². The van der Waals surface area contributed by atoms with E-state index in [0.717, 1.165) is 19.3 Å². The van der Waals surface area contributed by atoms with Gasteiger partial charge in [0.15, 0.2) is 6.61 Å². The van der Waals surface area contributed by atoms with Crippen molar-refractivity contribution in [2.24, 2.45) is 0 Å². The first kappa shape index (κ1) is 29.0. The van der Waals surface area contributed by atoms with Crippen LogP contribution in [0, 0.1) is 0 Å². The van der Waals surface area contributed by atoms with Crippen LogP contribution in [-0.4, -0.2) is 51.1 Å². The third kappa shape index (κ3) is 11.1. The normalized spacial score (nSPS) is 26.0. The quantitative estimate of drug-likeness (QED) is 0.304. The van der Waals surface area contributed by atoms with Gasteiger partial charge in [-0.25, -0.2) is 4.39 Å². The zero-order valence-electron chi connectivity index (χ0n) is 16.5. The summed E-state index contributed by atoms with van der Waals surface area (Å²) in [5.74, 6) is 0. The molecule has 6 nitrogen and oxygen atoms in total. The molecule has 0 heterocycles. The predicted octanol–water partition coefficient (Wildman–Crippen LogP) is 5.90. The van der Waals surface area contributed by atoms with E-state index >= 15 is 0 Å². The molecule has 0 saturated heterocycles. The molecule has 2 saturated carbocycles. The Morgan fingerprint density at radius 3 is 1.94 bits per heavy atom. The summed E-state index contributed by atoms with van der Waals surface area (Å²) in [7, 11) is -7.34. The highest BCUT2D eigenvalue weighted by Gasteiger charge is 2.53. The average molecular weight is 510 g/mol. The fourth-order valence-corrected chi connectivity index (χ4v) is 5.67. The van der Waals surface area contributed by atoms with Gasteiger partial charge in [0, 0.05) is 0 Å². The summed E-state index contributed by atoms with van der Waals surface area (Å²) in [6, 6.07) is 0. The molecule has 0 bridgehead atoms. The van der Waals surface area contributed by atoms with Crippen molar-refractivity contribution >= 4 is 16.2 Å². The van der Waals surface area contributed by atoms with E-state index < -0.39 is 59.0 Å². The summed E-state index contributed by atoms with van der Waals surface area (Å²) in [6.45, 7) is -1.58. The van der Waals surface area contributed by atoms with Gasteiger partial charge in [-0.3, -0.25) is 4.57 Å². The molecule has 0 spiro atoms. The van der Waals surface area contributed by atoms with Crippen LogP contribution in [0.15, 0.2) is 0 Å². The summed E-state index contributed by atoms with van der Waals surface area (Å²) in [4.78, 5) is 27.2. The van der Waals surface area contributed by atoms with Crippen molar-refractivity contribution in [3.05, 3.63) is 0 Å². The van der Waals surface area contributed by atoms with Gasteiger partial charge in [-0.05, 0) is 25.7 Å². The van der Waals surface area contributed by atoms with E-state index in [9.17, 15) is 35.3 Å². The van der Waals surface area contributed by atoms with Gasteiger partial charge in [0.05, 0.1) is 17.7 Å². The van der Waals surface area contributed by atoms with Crippen LogP contribution in [0.4, 0.5) is 30.7 Å². The lowest BCUT2D eigenvalue weighted by Crippen LogP contribution is -2.36. The molecular weight excluding hydrogens is 483 g/mol. The minimum absolute atomic E-state index is 0.0310. The molecule has 0 aromatic rings. The van der Waals surface area contributed by atoms with Crippen molar-refractivity contribution in [3.8, 4) is 0 Å². The van der Waals surface area contributed by atoms with Crippen molar-refractivity contribution in [2.45, 2.75) is 94.0 Å². The van der Waals surface area contributed by atoms with E-state index in [1.54, 1.807) is 0 Å². The van der Waals surface area contributed by atoms with E-state index in [1.807, 2.05) is 0 Å². The fourth-order valence-electron chi connectivity index (χ4n) is 3.60. The van der Waals surface area contributed by atoms with Gasteiger partial charge in [0.2, 0.25) is 0 Å². The Hall–Kier alpha value is -0.0300. The Labute approximate surface area is 176 Å². The molecule has 186 valence electrons. The first-order valence-electron chi connectivity index (χ1n) is 9.67. The van der Waals surface area contributed by atoms with Gasteiger partial charge in [0.1, 0.15) is 6.17 Å². The van der Waals surface area contributed by atoms with Crippen molar-refractivity contribution < 1.29 is 59.0 Å². The molecule has 3 N–H and O–H groups in total. The van der Waals surface area contributed by atoms with E-state index in [0.29, 0.717) is 25.7 Å². The van der Waals surface area contributed by atoms with Gasteiger partial charge in [-0.1, -0.05) is 32.1 Å². The standard InChI is InChI=1S/C8H13F4O3P.C8H14F3O3P/c9-6-3-1-2-4-7(6)15-16(13)14-5-8(10,11)12;9-8(10,11)6-7(15(12,13)14)4-2-1-3-5-7/h6-7,13H,1-5H2;1-6H2,(H2,12,13,14). The second kappa shape index (κ2) is 11.9. The Kier molecular flexibility index (Phi) is 11.1. The van der Waals surface area contributed by atoms with Crippen molar-refractivity contribution in [1.82, 2.24) is 0 Å². The molecule has 2 fully saturated rings. The molecule has 2 rings (SSSR count). The molecule has 0 aromatic carbocycles. The lowest BCUT2D eigenvalue weighted by molar-refractivity contribution is -0.156. The molecule has 2 aliphatic carbocycles. The van der Waals surface area contributed by atoms with Gasteiger partial charge in [-0.2, -0.15) is 26.3 Å². The van der Waals surface area contributed by atoms with Crippen molar-refractivity contribution in [2.75, 3.05) is 6.61 Å². The summed E-state index contributed by atoms with van der Waals surface area (Å²) < 4.78 is 105. The molecule has 2 aliphatic rings. The SMILES string of the molecule is O=P(O)(O)C1(CC(F)(F)F)CCCCC1.OP(OCC(F)(F)F)OC1CCCCC1F. The lowest BCUT2D eigenvalue weighted by atomic mass is 9.86. The van der Waals surface area contributed by atoms with Gasteiger partial charge in [0.25, 0.3) is 0 Å². The highest BCUT2D eigenvalue weighted by Crippen LogP contribution is 2.61. The average Bonchev–Trinajstić information content (AvgIpc) is 2.60. The minimum atomic E-state index is -4.69. The third-order valence-electron chi connectivity index (χ3n) is 5.12. The summed E-state index contributed by atoms with van der Waals surface area (Å²) in [5.41, 5.74) is 0. The Balaban J connectivity index is 0.000000311. The third-order valence-corrected chi connectivity index (χ3v) is 7.76. The van der Waals surface area contributed by atoms with E-state index in [1.165, 1.54) is 0 Å². The monoisotopic (exact) mass is 510 g/mol.